The summed E-state index contributed by atoms with van der Waals surface area (Å²) >= 11 is 0. The van der Waals surface area contributed by atoms with Crippen molar-refractivity contribution in [3.63, 3.8) is 0 Å². The van der Waals surface area contributed by atoms with E-state index in [9.17, 15) is 9.59 Å². The molecule has 38 heavy (non-hydrogen) atoms. The summed E-state index contributed by atoms with van der Waals surface area (Å²) in [5.74, 6) is -0.387. The number of hydrogen-bond donors (Lipinski definition) is 2. The minimum Gasteiger partial charge on any atom is -0.492 e. The third-order valence-electron chi connectivity index (χ3n) is 6.87. The number of esters is 1. The highest BCUT2D eigenvalue weighted by Gasteiger charge is 2.30. The average Bonchev–Trinajstić information content (AvgIpc) is 3.44. The van der Waals surface area contributed by atoms with Crippen molar-refractivity contribution in [3.05, 3.63) is 36.2 Å². The van der Waals surface area contributed by atoms with Crippen LogP contribution in [0, 0.1) is 10.8 Å². The molecular formula is C28H38N6O4. The number of fused-ring (bicyclic) bond motifs is 1. The Hall–Kier alpha value is -3.66. The van der Waals surface area contributed by atoms with E-state index in [1.807, 2.05) is 20.2 Å². The maximum Gasteiger partial charge on any atom is 0.342 e. The van der Waals surface area contributed by atoms with Gasteiger partial charge in [0.2, 0.25) is 5.91 Å². The van der Waals surface area contributed by atoms with E-state index >= 15 is 0 Å². The smallest absolute Gasteiger partial charge is 0.342 e. The lowest BCUT2D eigenvalue weighted by Crippen LogP contribution is -2.36. The third kappa shape index (κ3) is 6.24. The number of nitrogens with one attached hydrogen (secondary N) is 1. The maximum atomic E-state index is 12.9. The Morgan fingerprint density at radius 2 is 2.00 bits per heavy atom. The first kappa shape index (κ1) is 27.4. The van der Waals surface area contributed by atoms with Gasteiger partial charge in [0.05, 0.1) is 17.3 Å². The summed E-state index contributed by atoms with van der Waals surface area (Å²) < 4.78 is 11.5. The van der Waals surface area contributed by atoms with Crippen LogP contribution in [0.3, 0.4) is 0 Å². The lowest BCUT2D eigenvalue weighted by atomic mass is 9.93. The highest BCUT2D eigenvalue weighted by atomic mass is 16.5. The molecule has 0 unspecified atom stereocenters. The molecule has 3 N–H and O–H groups in total. The van der Waals surface area contributed by atoms with Gasteiger partial charge in [-0.15, -0.1) is 0 Å². The van der Waals surface area contributed by atoms with Crippen LogP contribution in [0.5, 0.6) is 5.75 Å². The fourth-order valence-corrected chi connectivity index (χ4v) is 4.26. The van der Waals surface area contributed by atoms with Gasteiger partial charge >= 0.3 is 5.97 Å². The summed E-state index contributed by atoms with van der Waals surface area (Å²) in [6.07, 6.45) is 4.31. The molecule has 3 aromatic rings. The zero-order valence-electron chi connectivity index (χ0n) is 23.1. The fraction of sp³-hybridized carbons (Fsp3) is 0.500. The maximum absolute atomic E-state index is 12.9. The summed E-state index contributed by atoms with van der Waals surface area (Å²) in [5, 5.41) is 0. The van der Waals surface area contributed by atoms with Crippen LogP contribution >= 0.6 is 0 Å². The van der Waals surface area contributed by atoms with Gasteiger partial charge in [-0.2, -0.15) is 0 Å². The molecule has 1 fully saturated rings. The molecule has 204 valence electrons. The predicted molar refractivity (Wildman–Crippen MR) is 147 cm³/mol. The number of primary amides is 1. The summed E-state index contributed by atoms with van der Waals surface area (Å²) in [7, 11) is 4.02. The van der Waals surface area contributed by atoms with Gasteiger partial charge < -0.3 is 30.0 Å². The molecule has 0 spiro atoms. The van der Waals surface area contributed by atoms with Gasteiger partial charge in [0.15, 0.2) is 5.65 Å². The molecule has 10 nitrogen and oxygen atoms in total. The molecule has 1 aliphatic rings. The number of nitrogens with two attached hydrogens (primary N) is 1. The number of benzene rings is 1. The molecule has 0 saturated carbocycles. The molecule has 0 radical (unpaired) electrons. The molecule has 3 heterocycles. The predicted octanol–water partition coefficient (Wildman–Crippen LogP) is 3.47. The van der Waals surface area contributed by atoms with E-state index in [0.717, 1.165) is 43.1 Å². The van der Waals surface area contributed by atoms with Crippen LogP contribution in [0.2, 0.25) is 0 Å². The molecular weight excluding hydrogens is 484 g/mol. The molecule has 1 aromatic carbocycles. The molecule has 1 amide bonds. The summed E-state index contributed by atoms with van der Waals surface area (Å²) in [6.45, 7) is 10.9. The van der Waals surface area contributed by atoms with Gasteiger partial charge in [-0.25, -0.2) is 14.8 Å². The largest absolute Gasteiger partial charge is 0.492 e. The van der Waals surface area contributed by atoms with Crippen molar-refractivity contribution < 1.29 is 19.1 Å². The Labute approximate surface area is 223 Å². The molecule has 10 heteroatoms. The second-order valence-corrected chi connectivity index (χ2v) is 11.7. The SMILES string of the molecule is CN(C)CCOc1cc(-c2cnc3[nH]cc(C(=O)OCC(C)(C)C(N)=O)c3n2)cc(N2CCC(C)(C)C2)c1. The Morgan fingerprint density at radius 3 is 2.66 bits per heavy atom. The first-order valence-electron chi connectivity index (χ1n) is 12.8. The fourth-order valence-electron chi connectivity index (χ4n) is 4.26. The normalized spacial score (nSPS) is 15.3. The number of nitrogens with zero attached hydrogens (tertiary/aromatic N) is 4. The van der Waals surface area contributed by atoms with Crippen LogP contribution < -0.4 is 15.4 Å². The van der Waals surface area contributed by atoms with E-state index in [2.05, 4.69) is 45.7 Å². The van der Waals surface area contributed by atoms with Gasteiger partial charge in [-0.3, -0.25) is 4.79 Å². The van der Waals surface area contributed by atoms with Crippen LogP contribution in [-0.4, -0.2) is 78.7 Å². The van der Waals surface area contributed by atoms with Crippen molar-refractivity contribution in [2.75, 3.05) is 51.8 Å². The highest BCUT2D eigenvalue weighted by molar-refractivity contribution is 6.01. The summed E-state index contributed by atoms with van der Waals surface area (Å²) in [4.78, 5) is 41.2. The van der Waals surface area contributed by atoms with E-state index in [0.29, 0.717) is 23.5 Å². The van der Waals surface area contributed by atoms with E-state index < -0.39 is 17.3 Å². The Bertz CT molecular complexity index is 1330. The van der Waals surface area contributed by atoms with Crippen molar-refractivity contribution in [3.8, 4) is 17.0 Å². The first-order valence-corrected chi connectivity index (χ1v) is 12.8. The van der Waals surface area contributed by atoms with Crippen molar-refractivity contribution >= 4 is 28.7 Å². The number of aromatic nitrogens is 3. The number of carbonyl (C=O) groups is 2. The van der Waals surface area contributed by atoms with Crippen LogP contribution in [0.1, 0.15) is 44.5 Å². The van der Waals surface area contributed by atoms with Gasteiger partial charge in [-0.05, 0) is 51.9 Å². The molecule has 4 rings (SSSR count). The third-order valence-corrected chi connectivity index (χ3v) is 6.87. The van der Waals surface area contributed by atoms with E-state index in [1.165, 1.54) is 6.20 Å². The molecule has 2 aromatic heterocycles. The van der Waals surface area contributed by atoms with E-state index in [1.54, 1.807) is 20.0 Å². The number of H-pyrrole nitrogens is 1. The molecule has 1 aliphatic heterocycles. The summed E-state index contributed by atoms with van der Waals surface area (Å²) in [5.41, 5.74) is 8.30. The second-order valence-electron chi connectivity index (χ2n) is 11.7. The quantitative estimate of drug-likeness (QED) is 0.388. The van der Waals surface area contributed by atoms with Crippen molar-refractivity contribution in [1.29, 1.82) is 0 Å². The number of anilines is 1. The number of ether oxygens (including phenoxy) is 2. The molecule has 0 bridgehead atoms. The minimum absolute atomic E-state index is 0.136. The van der Waals surface area contributed by atoms with E-state index in [4.69, 9.17) is 20.2 Å². The van der Waals surface area contributed by atoms with Gasteiger partial charge in [0.25, 0.3) is 0 Å². The molecule has 1 saturated heterocycles. The average molecular weight is 523 g/mol. The van der Waals surface area contributed by atoms with Crippen LogP contribution in [0.25, 0.3) is 22.4 Å². The minimum atomic E-state index is -0.980. The van der Waals surface area contributed by atoms with Crippen molar-refractivity contribution in [2.45, 2.75) is 34.1 Å². The van der Waals surface area contributed by atoms with Crippen molar-refractivity contribution in [1.82, 2.24) is 19.9 Å². The lowest BCUT2D eigenvalue weighted by molar-refractivity contribution is -0.127. The standard InChI is InChI=1S/C28H38N6O4/c1-27(2)7-8-34(16-27)19-11-18(12-20(13-19)37-10-9-33(5)6)22-15-31-24-23(32-22)21(14-30-24)25(35)38-17-28(3,4)26(29)36/h11-15H,7-10,16-17H2,1-6H3,(H2,29,36)(H,30,31). The van der Waals surface area contributed by atoms with Gasteiger partial charge in [0, 0.05) is 43.1 Å². The number of amides is 1. The zero-order valence-corrected chi connectivity index (χ0v) is 23.1. The zero-order chi connectivity index (χ0) is 27.7. The van der Waals surface area contributed by atoms with Crippen LogP contribution in [0.4, 0.5) is 5.69 Å². The second kappa shape index (κ2) is 10.6. The van der Waals surface area contributed by atoms with Crippen LogP contribution in [0.15, 0.2) is 30.6 Å². The number of carbonyl (C=O) groups excluding carboxylic acids is 2. The van der Waals surface area contributed by atoms with E-state index in [-0.39, 0.29) is 17.6 Å². The number of rotatable bonds is 10. The monoisotopic (exact) mass is 522 g/mol. The van der Waals surface area contributed by atoms with Gasteiger partial charge in [-0.1, -0.05) is 13.8 Å². The van der Waals surface area contributed by atoms with Gasteiger partial charge in [0.1, 0.15) is 30.0 Å². The number of aromatic amines is 1. The molecule has 0 aliphatic carbocycles. The highest BCUT2D eigenvalue weighted by Crippen LogP contribution is 2.36. The Morgan fingerprint density at radius 1 is 1.24 bits per heavy atom. The summed E-state index contributed by atoms with van der Waals surface area (Å²) in [6, 6.07) is 6.12. The molecule has 0 atom stereocenters. The topological polar surface area (TPSA) is 127 Å². The first-order chi connectivity index (χ1) is 17.8. The Kier molecular flexibility index (Phi) is 7.64. The lowest BCUT2D eigenvalue weighted by Gasteiger charge is -2.23. The number of hydrogen-bond acceptors (Lipinski definition) is 8. The van der Waals surface area contributed by atoms with Crippen LogP contribution in [-0.2, 0) is 9.53 Å². The van der Waals surface area contributed by atoms with Crippen molar-refractivity contribution in [2.24, 2.45) is 16.6 Å². The Balaban J connectivity index is 1.66. The number of likely N-dealkylation sites (N-methyl/N-ethyl adjacent to an activating group) is 1.